The van der Waals surface area contributed by atoms with Crippen LogP contribution in [0.25, 0.3) is 66.3 Å². The highest BCUT2D eigenvalue weighted by molar-refractivity contribution is 6.14. The lowest BCUT2D eigenvalue weighted by molar-refractivity contribution is -0.662. The van der Waals surface area contributed by atoms with Crippen molar-refractivity contribution in [3.63, 3.8) is 0 Å². The summed E-state index contributed by atoms with van der Waals surface area (Å²) in [7, 11) is 1.83. The van der Waals surface area contributed by atoms with Crippen LogP contribution >= 0.6 is 0 Å². The first-order valence-electron chi connectivity index (χ1n) is 13.4. The quantitative estimate of drug-likeness (QED) is 0.208. The molecule has 0 fully saturated rings. The van der Waals surface area contributed by atoms with Crippen LogP contribution in [0.15, 0.2) is 87.8 Å². The summed E-state index contributed by atoms with van der Waals surface area (Å²) in [6, 6.07) is 22.8. The molecule has 0 aliphatic rings. The minimum atomic E-state index is -0.381. The van der Waals surface area contributed by atoms with Crippen molar-refractivity contribution in [3.05, 3.63) is 102 Å². The van der Waals surface area contributed by atoms with Gasteiger partial charge in [-0.25, -0.2) is 8.78 Å². The van der Waals surface area contributed by atoms with Gasteiger partial charge in [0.2, 0.25) is 11.9 Å². The summed E-state index contributed by atoms with van der Waals surface area (Å²) in [5.74, 6) is -0.624. The number of nitrogens with zero attached hydrogens (tertiary/aromatic N) is 1. The van der Waals surface area contributed by atoms with E-state index in [1.807, 2.05) is 95.4 Å². The van der Waals surface area contributed by atoms with Gasteiger partial charge < -0.3 is 8.83 Å². The summed E-state index contributed by atoms with van der Waals surface area (Å²) < 4.78 is 45.1. The van der Waals surface area contributed by atoms with Gasteiger partial charge in [0.1, 0.15) is 35.2 Å². The zero-order valence-corrected chi connectivity index (χ0v) is 23.0. The van der Waals surface area contributed by atoms with Gasteiger partial charge in [-0.1, -0.05) is 57.2 Å². The molecule has 0 spiro atoms. The summed E-state index contributed by atoms with van der Waals surface area (Å²) >= 11 is 0. The number of furan rings is 2. The third-order valence-corrected chi connectivity index (χ3v) is 7.92. The van der Waals surface area contributed by atoms with Gasteiger partial charge in [-0.05, 0) is 53.8 Å². The normalized spacial score (nSPS) is 12.4. The number of aromatic nitrogens is 1. The molecule has 3 aromatic heterocycles. The molecule has 40 heavy (non-hydrogen) atoms. The number of para-hydroxylation sites is 1. The first kappa shape index (κ1) is 24.5. The summed E-state index contributed by atoms with van der Waals surface area (Å²) in [5.41, 5.74) is 6.58. The third-order valence-electron chi connectivity index (χ3n) is 7.92. The molecule has 0 amide bonds. The van der Waals surface area contributed by atoms with E-state index in [0.717, 1.165) is 43.9 Å². The maximum Gasteiger partial charge on any atom is 0.216 e. The second-order valence-electron chi connectivity index (χ2n) is 11.6. The van der Waals surface area contributed by atoms with Crippen molar-refractivity contribution < 1.29 is 22.2 Å². The predicted molar refractivity (Wildman–Crippen MR) is 156 cm³/mol. The second kappa shape index (κ2) is 8.49. The van der Waals surface area contributed by atoms with Gasteiger partial charge >= 0.3 is 0 Å². The van der Waals surface area contributed by atoms with Gasteiger partial charge in [0.25, 0.3) is 0 Å². The van der Waals surface area contributed by atoms with E-state index in [4.69, 9.17) is 8.83 Å². The van der Waals surface area contributed by atoms with Crippen LogP contribution in [0.4, 0.5) is 8.78 Å². The topological polar surface area (TPSA) is 30.2 Å². The van der Waals surface area contributed by atoms with E-state index in [1.165, 1.54) is 12.3 Å². The van der Waals surface area contributed by atoms with Crippen molar-refractivity contribution in [1.82, 2.24) is 0 Å². The van der Waals surface area contributed by atoms with Crippen LogP contribution in [0.3, 0.4) is 0 Å². The average molecular weight is 533 g/mol. The Labute approximate surface area is 230 Å². The van der Waals surface area contributed by atoms with Crippen molar-refractivity contribution >= 4 is 43.9 Å². The molecule has 0 aliphatic carbocycles. The van der Waals surface area contributed by atoms with Gasteiger partial charge in [-0.2, -0.15) is 4.57 Å². The number of halogens is 2. The summed E-state index contributed by atoms with van der Waals surface area (Å²) in [6.45, 7) is 8.01. The van der Waals surface area contributed by atoms with Crippen LogP contribution in [-0.4, -0.2) is 0 Å². The fourth-order valence-corrected chi connectivity index (χ4v) is 5.89. The van der Waals surface area contributed by atoms with E-state index in [1.54, 1.807) is 10.6 Å². The number of fused-ring (bicyclic) bond motifs is 6. The van der Waals surface area contributed by atoms with Crippen LogP contribution in [0, 0.1) is 18.6 Å². The highest BCUT2D eigenvalue weighted by atomic mass is 19.1. The van der Waals surface area contributed by atoms with Crippen LogP contribution < -0.4 is 4.57 Å². The summed E-state index contributed by atoms with van der Waals surface area (Å²) in [6.07, 6.45) is 1.52. The number of pyridine rings is 1. The Morgan fingerprint density at radius 1 is 0.675 bits per heavy atom. The summed E-state index contributed by atoms with van der Waals surface area (Å²) in [4.78, 5) is 0. The largest absolute Gasteiger partial charge is 0.456 e. The van der Waals surface area contributed by atoms with Crippen molar-refractivity contribution in [2.75, 3.05) is 0 Å². The highest BCUT2D eigenvalue weighted by Crippen LogP contribution is 2.43. The lowest BCUT2D eigenvalue weighted by Crippen LogP contribution is -2.33. The number of hydrogen-bond acceptors (Lipinski definition) is 2. The molecule has 0 saturated heterocycles. The van der Waals surface area contributed by atoms with Crippen LogP contribution in [-0.2, 0) is 12.5 Å². The van der Waals surface area contributed by atoms with E-state index >= 15 is 4.39 Å². The molecular formula is C35H28F2NO2+. The van der Waals surface area contributed by atoms with E-state index < -0.39 is 0 Å². The van der Waals surface area contributed by atoms with Crippen LogP contribution in [0.5, 0.6) is 0 Å². The molecule has 198 valence electrons. The van der Waals surface area contributed by atoms with Gasteiger partial charge in [0.05, 0.1) is 11.1 Å². The number of hydrogen-bond donors (Lipinski definition) is 0. The van der Waals surface area contributed by atoms with Gasteiger partial charge in [0.15, 0.2) is 5.82 Å². The van der Waals surface area contributed by atoms with Gasteiger partial charge in [-0.3, -0.25) is 0 Å². The van der Waals surface area contributed by atoms with Crippen LogP contribution in [0.2, 0.25) is 0 Å². The molecule has 0 N–H and O–H groups in total. The Balaban J connectivity index is 1.51. The van der Waals surface area contributed by atoms with Crippen molar-refractivity contribution in [3.8, 4) is 22.4 Å². The molecule has 5 heteroatoms. The number of rotatable bonds is 2. The fraction of sp³-hybridized carbons (Fsp3) is 0.171. The fourth-order valence-electron chi connectivity index (χ4n) is 5.89. The smallest absolute Gasteiger partial charge is 0.216 e. The lowest BCUT2D eigenvalue weighted by Gasteiger charge is -2.19. The second-order valence-corrected chi connectivity index (χ2v) is 11.6. The zero-order valence-electron chi connectivity index (χ0n) is 23.0. The number of benzene rings is 4. The average Bonchev–Trinajstić information content (AvgIpc) is 3.46. The van der Waals surface area contributed by atoms with E-state index in [-0.39, 0.29) is 17.0 Å². The molecule has 0 unspecified atom stereocenters. The summed E-state index contributed by atoms with van der Waals surface area (Å²) in [5, 5.41) is 3.70. The molecule has 0 saturated carbocycles. The Morgan fingerprint density at radius 3 is 2.12 bits per heavy atom. The first-order valence-corrected chi connectivity index (χ1v) is 13.4. The lowest BCUT2D eigenvalue weighted by atomic mass is 9.86. The van der Waals surface area contributed by atoms with E-state index in [2.05, 4.69) is 0 Å². The molecule has 0 bridgehead atoms. The Morgan fingerprint density at radius 2 is 1.35 bits per heavy atom. The molecular weight excluding hydrogens is 504 g/mol. The molecule has 7 rings (SSSR count). The molecule has 7 aromatic rings. The molecule has 0 atom stereocenters. The van der Waals surface area contributed by atoms with Gasteiger partial charge in [0, 0.05) is 33.2 Å². The third kappa shape index (κ3) is 3.57. The minimum absolute atomic E-state index is 0.251. The van der Waals surface area contributed by atoms with Crippen LogP contribution in [0.1, 0.15) is 31.9 Å². The Kier molecular flexibility index (Phi) is 5.21. The molecule has 0 radical (unpaired) electrons. The van der Waals surface area contributed by atoms with Gasteiger partial charge in [-0.15, -0.1) is 0 Å². The highest BCUT2D eigenvalue weighted by Gasteiger charge is 2.28. The molecule has 3 heterocycles. The molecule has 3 nitrogen and oxygen atoms in total. The predicted octanol–water partition coefficient (Wildman–Crippen LogP) is 9.53. The monoisotopic (exact) mass is 532 g/mol. The maximum absolute atomic E-state index is 15.6. The Bertz CT molecular complexity index is 2140. The Hall–Kier alpha value is -4.51. The van der Waals surface area contributed by atoms with Crippen molar-refractivity contribution in [2.45, 2.75) is 33.1 Å². The molecule has 4 aromatic carbocycles. The SMILES string of the molecule is Cc1ccc2c(oc3c(-c4ccc5c(c4)oc4ccccc45)c(F)ccc32)c1-c1cc(C(C)(C)C)c(F)c[n+]1C. The van der Waals surface area contributed by atoms with Crippen molar-refractivity contribution in [1.29, 1.82) is 0 Å². The van der Waals surface area contributed by atoms with E-state index in [9.17, 15) is 4.39 Å². The van der Waals surface area contributed by atoms with E-state index in [0.29, 0.717) is 33.4 Å². The minimum Gasteiger partial charge on any atom is -0.456 e. The van der Waals surface area contributed by atoms with Crippen molar-refractivity contribution in [2.24, 2.45) is 7.05 Å². The number of aryl methyl sites for hydroxylation is 2. The molecule has 0 aliphatic heterocycles. The maximum atomic E-state index is 15.6. The first-order chi connectivity index (χ1) is 19.1. The standard InChI is InChI=1S/C35H28F2NO2/c1-19-10-12-23-24-14-15-26(36)32(20-11-13-22-21-8-6-7-9-29(21)39-30(22)16-20)34(24)40-33(23)31(19)28-17-25(35(2,3)4)27(37)18-38(28)5/h6-18H,1-5H3/q+1. The zero-order chi connectivity index (χ0) is 27.9.